The molecule has 0 spiro atoms. The summed E-state index contributed by atoms with van der Waals surface area (Å²) in [4.78, 5) is 37.3. The van der Waals surface area contributed by atoms with Gasteiger partial charge < -0.3 is 14.2 Å². The van der Waals surface area contributed by atoms with Gasteiger partial charge in [0.15, 0.2) is 5.78 Å². The summed E-state index contributed by atoms with van der Waals surface area (Å²) in [6.45, 7) is 6.71. The van der Waals surface area contributed by atoms with Crippen LogP contribution in [0.2, 0.25) is 0 Å². The molecule has 1 aromatic heterocycles. The lowest BCUT2D eigenvalue weighted by molar-refractivity contribution is 0.101. The van der Waals surface area contributed by atoms with Crippen molar-refractivity contribution in [2.24, 2.45) is 14.1 Å². The molecule has 1 heterocycles. The van der Waals surface area contributed by atoms with Gasteiger partial charge in [-0.05, 0) is 57.1 Å². The summed E-state index contributed by atoms with van der Waals surface area (Å²) < 4.78 is 8.41. The van der Waals surface area contributed by atoms with Crippen LogP contribution in [0.5, 0.6) is 5.75 Å². The van der Waals surface area contributed by atoms with Gasteiger partial charge in [-0.2, -0.15) is 0 Å². The van der Waals surface area contributed by atoms with Crippen molar-refractivity contribution in [2.45, 2.75) is 26.7 Å². The van der Waals surface area contributed by atoms with Gasteiger partial charge in [-0.15, -0.1) is 0 Å². The van der Waals surface area contributed by atoms with Crippen LogP contribution in [-0.4, -0.2) is 46.1 Å². The maximum absolute atomic E-state index is 12.0. The van der Waals surface area contributed by atoms with Crippen LogP contribution in [0.25, 0.3) is 0 Å². The topological polar surface area (TPSA) is 73.5 Å². The first-order valence-electron chi connectivity index (χ1n) is 9.55. The summed E-state index contributed by atoms with van der Waals surface area (Å²) in [6.07, 6.45) is 1.52. The van der Waals surface area contributed by atoms with Crippen molar-refractivity contribution >= 4 is 5.78 Å². The lowest BCUT2D eigenvalue weighted by Crippen LogP contribution is -2.38. The number of ketones is 1. The third-order valence-electron chi connectivity index (χ3n) is 4.92. The Bertz CT molecular complexity index is 913. The summed E-state index contributed by atoms with van der Waals surface area (Å²) in [6, 6.07) is 8.69. The van der Waals surface area contributed by atoms with E-state index >= 15 is 0 Å². The first-order chi connectivity index (χ1) is 13.3. The van der Waals surface area contributed by atoms with Gasteiger partial charge in [0.25, 0.3) is 5.56 Å². The summed E-state index contributed by atoms with van der Waals surface area (Å²) in [7, 11) is 3.18. The molecule has 2 rings (SSSR count). The van der Waals surface area contributed by atoms with E-state index in [1.54, 1.807) is 26.1 Å². The van der Waals surface area contributed by atoms with Crippen LogP contribution in [0.4, 0.5) is 0 Å². The average molecular weight is 387 g/mol. The molecule has 0 unspecified atom stereocenters. The minimum Gasteiger partial charge on any atom is -0.492 e. The van der Waals surface area contributed by atoms with Gasteiger partial charge in [-0.3, -0.25) is 14.2 Å². The molecule has 0 fully saturated rings. The molecule has 0 N–H and O–H groups in total. The molecule has 0 aliphatic rings. The second-order valence-corrected chi connectivity index (χ2v) is 6.84. The number of likely N-dealkylation sites (N-methyl/N-ethyl adjacent to an activating group) is 1. The zero-order valence-electron chi connectivity index (χ0n) is 17.1. The number of aryl methyl sites for hydroxylation is 1. The number of aromatic nitrogens is 2. The van der Waals surface area contributed by atoms with Crippen LogP contribution in [0.3, 0.4) is 0 Å². The Morgan fingerprint density at radius 1 is 1.07 bits per heavy atom. The summed E-state index contributed by atoms with van der Waals surface area (Å²) >= 11 is 0. The Morgan fingerprint density at radius 2 is 1.75 bits per heavy atom. The number of hydrogen-bond donors (Lipinski definition) is 0. The largest absolute Gasteiger partial charge is 0.492 e. The van der Waals surface area contributed by atoms with Crippen molar-refractivity contribution in [2.75, 3.05) is 26.2 Å². The molecule has 0 amide bonds. The number of nitrogens with zero attached hydrogens (tertiary/aromatic N) is 3. The van der Waals surface area contributed by atoms with Gasteiger partial charge in [-0.25, -0.2) is 4.79 Å². The lowest BCUT2D eigenvalue weighted by atomic mass is 10.1. The van der Waals surface area contributed by atoms with Crippen LogP contribution in [0.15, 0.2) is 39.9 Å². The standard InChI is InChI=1S/C21H29N3O4/c1-5-24(13-14-28-19-10-8-17(9-11-19)16(2)25)12-6-7-18-15-20(26)23(4)21(27)22(18)3/h8-11,15H,5-7,12-14H2,1-4H3. The fourth-order valence-corrected chi connectivity index (χ4v) is 3.01. The number of Topliss-reactive ketones (excluding diaryl/α,β-unsaturated/α-hetero) is 1. The Labute approximate surface area is 165 Å². The molecule has 0 aliphatic heterocycles. The van der Waals surface area contributed by atoms with Crippen LogP contribution in [0.1, 0.15) is 36.3 Å². The van der Waals surface area contributed by atoms with Crippen molar-refractivity contribution < 1.29 is 9.53 Å². The molecular formula is C21H29N3O4. The first kappa shape index (κ1) is 21.6. The molecule has 28 heavy (non-hydrogen) atoms. The van der Waals surface area contributed by atoms with Crippen LogP contribution < -0.4 is 16.0 Å². The van der Waals surface area contributed by atoms with Crippen LogP contribution in [-0.2, 0) is 20.5 Å². The molecule has 7 heteroatoms. The minimum atomic E-state index is -0.293. The highest BCUT2D eigenvalue weighted by molar-refractivity contribution is 5.94. The van der Waals surface area contributed by atoms with Gasteiger partial charge in [-0.1, -0.05) is 6.92 Å². The van der Waals surface area contributed by atoms with Crippen LogP contribution in [0, 0.1) is 0 Å². The second kappa shape index (κ2) is 10.0. The Balaban J connectivity index is 1.81. The van der Waals surface area contributed by atoms with Crippen molar-refractivity contribution in [3.8, 4) is 5.75 Å². The van der Waals surface area contributed by atoms with Crippen molar-refractivity contribution in [3.63, 3.8) is 0 Å². The van der Waals surface area contributed by atoms with E-state index in [9.17, 15) is 14.4 Å². The summed E-state index contributed by atoms with van der Waals surface area (Å²) in [5, 5.41) is 0. The van der Waals surface area contributed by atoms with E-state index in [0.29, 0.717) is 18.6 Å². The number of benzene rings is 1. The highest BCUT2D eigenvalue weighted by atomic mass is 16.5. The van der Waals surface area contributed by atoms with E-state index in [1.165, 1.54) is 17.7 Å². The van der Waals surface area contributed by atoms with Crippen LogP contribution >= 0.6 is 0 Å². The minimum absolute atomic E-state index is 0.0393. The zero-order chi connectivity index (χ0) is 20.7. The van der Waals surface area contributed by atoms with Gasteiger partial charge in [0.05, 0.1) is 0 Å². The second-order valence-electron chi connectivity index (χ2n) is 6.84. The average Bonchev–Trinajstić information content (AvgIpc) is 2.69. The third-order valence-corrected chi connectivity index (χ3v) is 4.92. The number of carbonyl (C=O) groups is 1. The quantitative estimate of drug-likeness (QED) is 0.579. The maximum Gasteiger partial charge on any atom is 0.330 e. The molecule has 2 aromatic rings. The Kier molecular flexibility index (Phi) is 7.75. The lowest BCUT2D eigenvalue weighted by Gasteiger charge is -2.20. The molecule has 0 aliphatic carbocycles. The SMILES string of the molecule is CCN(CCCc1cc(=O)n(C)c(=O)n1C)CCOc1ccc(C(C)=O)cc1. The Hall–Kier alpha value is -2.67. The molecule has 0 radical (unpaired) electrons. The third kappa shape index (κ3) is 5.66. The predicted molar refractivity (Wildman–Crippen MR) is 109 cm³/mol. The van der Waals surface area contributed by atoms with E-state index < -0.39 is 0 Å². The van der Waals surface area contributed by atoms with E-state index in [1.807, 2.05) is 12.1 Å². The fraction of sp³-hybridized carbons (Fsp3) is 0.476. The van der Waals surface area contributed by atoms with Gasteiger partial charge in [0.2, 0.25) is 0 Å². The number of rotatable bonds is 10. The predicted octanol–water partition coefficient (Wildman–Crippen LogP) is 1.62. The van der Waals surface area contributed by atoms with E-state index in [4.69, 9.17) is 4.74 Å². The summed E-state index contributed by atoms with van der Waals surface area (Å²) in [5.74, 6) is 0.786. The highest BCUT2D eigenvalue weighted by Crippen LogP contribution is 2.12. The van der Waals surface area contributed by atoms with Crippen molar-refractivity contribution in [1.82, 2.24) is 14.0 Å². The van der Waals surface area contributed by atoms with Gasteiger partial charge >= 0.3 is 5.69 Å². The fourth-order valence-electron chi connectivity index (χ4n) is 3.01. The first-order valence-corrected chi connectivity index (χ1v) is 9.55. The molecule has 152 valence electrons. The van der Waals surface area contributed by atoms with Crippen molar-refractivity contribution in [1.29, 1.82) is 0 Å². The molecule has 0 bridgehead atoms. The molecule has 0 atom stereocenters. The van der Waals surface area contributed by atoms with E-state index in [2.05, 4.69) is 11.8 Å². The van der Waals surface area contributed by atoms with E-state index in [0.717, 1.165) is 42.1 Å². The molecule has 0 saturated carbocycles. The van der Waals surface area contributed by atoms with Gasteiger partial charge in [0.1, 0.15) is 12.4 Å². The summed E-state index contributed by atoms with van der Waals surface area (Å²) in [5.41, 5.74) is 0.868. The van der Waals surface area contributed by atoms with Crippen molar-refractivity contribution in [3.05, 3.63) is 62.4 Å². The zero-order valence-corrected chi connectivity index (χ0v) is 17.1. The molecule has 7 nitrogen and oxygen atoms in total. The normalized spacial score (nSPS) is 11.0. The molecule has 1 aromatic carbocycles. The van der Waals surface area contributed by atoms with Gasteiger partial charge in [0, 0.05) is 38.0 Å². The Morgan fingerprint density at radius 3 is 2.36 bits per heavy atom. The number of hydrogen-bond acceptors (Lipinski definition) is 5. The monoisotopic (exact) mass is 387 g/mol. The molecular weight excluding hydrogens is 358 g/mol. The number of carbonyl (C=O) groups excluding carboxylic acids is 1. The maximum atomic E-state index is 12.0. The number of ether oxygens (including phenoxy) is 1. The smallest absolute Gasteiger partial charge is 0.330 e. The highest BCUT2D eigenvalue weighted by Gasteiger charge is 2.08. The van der Waals surface area contributed by atoms with E-state index in [-0.39, 0.29) is 17.0 Å². The molecule has 0 saturated heterocycles.